The first-order chi connectivity index (χ1) is 20.7. The number of carbonyl (C=O) groups is 1. The molecule has 0 fully saturated rings. The molecule has 0 saturated carbocycles. The number of rotatable bonds is 8. The topological polar surface area (TPSA) is 20.3 Å². The molecule has 0 aromatic heterocycles. The number of nitrogens with zero attached hydrogens (tertiary/aromatic N) is 1. The minimum absolute atomic E-state index is 0.0708. The summed E-state index contributed by atoms with van der Waals surface area (Å²) in [5, 5.41) is 7.07. The lowest BCUT2D eigenvalue weighted by atomic mass is 10.3. The molecule has 0 saturated heterocycles. The molecule has 6 aromatic rings. The molecule has 1 amide bonds. The van der Waals surface area contributed by atoms with Crippen LogP contribution in [0.4, 0.5) is 0 Å². The van der Waals surface area contributed by atoms with E-state index in [-0.39, 0.29) is 5.91 Å². The van der Waals surface area contributed by atoms with E-state index in [4.69, 9.17) is 0 Å². The van der Waals surface area contributed by atoms with Crippen molar-refractivity contribution in [3.8, 4) is 0 Å². The van der Waals surface area contributed by atoms with Gasteiger partial charge in [0, 0.05) is 6.92 Å². The number of amides is 1. The average Bonchev–Trinajstić information content (AvgIpc) is 3.07. The van der Waals surface area contributed by atoms with Crippen LogP contribution in [0.3, 0.4) is 0 Å². The van der Waals surface area contributed by atoms with Gasteiger partial charge in [0.1, 0.15) is 0 Å². The van der Waals surface area contributed by atoms with Crippen molar-refractivity contribution in [3.63, 3.8) is 0 Å². The molecule has 0 radical (unpaired) electrons. The van der Waals surface area contributed by atoms with Gasteiger partial charge in [-0.15, -0.1) is 0 Å². The summed E-state index contributed by atoms with van der Waals surface area (Å²) in [6.45, 7) is 1.77. The Labute approximate surface area is 250 Å². The molecule has 0 aliphatic heterocycles. The van der Waals surface area contributed by atoms with E-state index in [9.17, 15) is 4.79 Å². The zero-order chi connectivity index (χ0) is 28.8. The Morgan fingerprint density at radius 1 is 0.357 bits per heavy atom. The molecule has 0 spiro atoms. The zero-order valence-electron chi connectivity index (χ0n) is 23.7. The summed E-state index contributed by atoms with van der Waals surface area (Å²) in [6, 6.07) is 64.4. The molecule has 6 aromatic carbocycles. The normalized spacial score (nSPS) is 11.5. The second kappa shape index (κ2) is 12.0. The van der Waals surface area contributed by atoms with Crippen molar-refractivity contribution in [1.29, 1.82) is 0 Å². The van der Waals surface area contributed by atoms with E-state index in [1.165, 1.54) is 31.1 Å². The predicted molar refractivity (Wildman–Crippen MR) is 180 cm³/mol. The summed E-state index contributed by atoms with van der Waals surface area (Å²) in [4.78, 5) is 14.9. The quantitative estimate of drug-likeness (QED) is 0.197. The molecule has 0 aliphatic carbocycles. The van der Waals surface area contributed by atoms with E-state index < -0.39 is 16.5 Å². The van der Waals surface area contributed by atoms with Gasteiger partial charge < -0.3 is 4.23 Å². The van der Waals surface area contributed by atoms with Crippen LogP contribution in [-0.4, -0.2) is 26.6 Å². The van der Waals surface area contributed by atoms with Gasteiger partial charge in [-0.2, -0.15) is 0 Å². The third-order valence-electron chi connectivity index (χ3n) is 8.14. The van der Waals surface area contributed by atoms with E-state index >= 15 is 0 Å². The van der Waals surface area contributed by atoms with E-state index in [1.54, 1.807) is 6.92 Å². The van der Waals surface area contributed by atoms with Crippen LogP contribution in [0.25, 0.3) is 0 Å². The molecule has 6 rings (SSSR count). The second-order valence-electron chi connectivity index (χ2n) is 10.5. The minimum atomic E-state index is -3.25. The van der Waals surface area contributed by atoms with Crippen molar-refractivity contribution >= 4 is 53.5 Å². The van der Waals surface area contributed by atoms with E-state index in [0.29, 0.717) is 0 Å². The number of benzene rings is 6. The molecular weight excluding hydrogens is 543 g/mol. The van der Waals surface area contributed by atoms with Crippen LogP contribution in [0.15, 0.2) is 182 Å². The second-order valence-corrected chi connectivity index (χ2v) is 18.1. The maximum atomic E-state index is 14.9. The molecule has 0 bridgehead atoms. The summed E-state index contributed by atoms with van der Waals surface area (Å²) in [6.07, 6.45) is 0. The Balaban J connectivity index is 1.88. The van der Waals surface area contributed by atoms with Gasteiger partial charge in [-0.3, -0.25) is 4.79 Å². The summed E-state index contributed by atoms with van der Waals surface area (Å²) in [7, 11) is -6.51. The van der Waals surface area contributed by atoms with Gasteiger partial charge in [-0.1, -0.05) is 182 Å². The summed E-state index contributed by atoms with van der Waals surface area (Å²) in [5.74, 6) is 0.0708. The molecule has 0 aliphatic rings. The molecule has 0 N–H and O–H groups in total. The Bertz CT molecular complexity index is 1410. The smallest absolute Gasteiger partial charge is 0.247 e. The average molecular weight is 576 g/mol. The fourth-order valence-corrected chi connectivity index (χ4v) is 19.5. The highest BCUT2D eigenvalue weighted by Gasteiger charge is 2.58. The Hall–Kier alpha value is -4.78. The van der Waals surface area contributed by atoms with Crippen molar-refractivity contribution in [2.24, 2.45) is 0 Å². The van der Waals surface area contributed by atoms with Crippen LogP contribution in [-0.2, 0) is 4.79 Å². The lowest BCUT2D eigenvalue weighted by Gasteiger charge is -2.53. The molecule has 0 heterocycles. The van der Waals surface area contributed by atoms with Crippen LogP contribution < -0.4 is 31.1 Å². The lowest BCUT2D eigenvalue weighted by molar-refractivity contribution is -0.121. The molecule has 42 heavy (non-hydrogen) atoms. The van der Waals surface area contributed by atoms with Crippen LogP contribution in [0.1, 0.15) is 6.92 Å². The highest BCUT2D eigenvalue weighted by Crippen LogP contribution is 2.23. The molecule has 0 unspecified atom stereocenters. The number of hydrogen-bond acceptors (Lipinski definition) is 1. The van der Waals surface area contributed by atoms with Crippen LogP contribution in [0.5, 0.6) is 0 Å². The number of carbonyl (C=O) groups excluding carboxylic acids is 1. The number of hydrogen-bond donors (Lipinski definition) is 0. The maximum absolute atomic E-state index is 14.9. The molecule has 4 heteroatoms. The van der Waals surface area contributed by atoms with Crippen molar-refractivity contribution in [3.05, 3.63) is 182 Å². The Morgan fingerprint density at radius 3 is 0.667 bits per heavy atom. The maximum Gasteiger partial charge on any atom is 0.247 e. The van der Waals surface area contributed by atoms with Crippen molar-refractivity contribution in [2.75, 3.05) is 0 Å². The van der Waals surface area contributed by atoms with E-state index in [1.807, 2.05) is 0 Å². The lowest BCUT2D eigenvalue weighted by Crippen LogP contribution is -2.91. The monoisotopic (exact) mass is 575 g/mol. The van der Waals surface area contributed by atoms with Crippen LogP contribution in [0, 0.1) is 0 Å². The first-order valence-corrected chi connectivity index (χ1v) is 18.2. The Morgan fingerprint density at radius 2 is 0.524 bits per heavy atom. The first-order valence-electron chi connectivity index (χ1n) is 14.3. The van der Waals surface area contributed by atoms with Crippen LogP contribution >= 0.6 is 0 Å². The van der Waals surface area contributed by atoms with Gasteiger partial charge in [0.25, 0.3) is 0 Å². The van der Waals surface area contributed by atoms with Crippen molar-refractivity contribution < 1.29 is 4.79 Å². The van der Waals surface area contributed by atoms with Gasteiger partial charge in [-0.05, 0) is 31.1 Å². The fourth-order valence-electron chi connectivity index (χ4n) is 6.57. The molecule has 0 atom stereocenters. The third kappa shape index (κ3) is 4.55. The summed E-state index contributed by atoms with van der Waals surface area (Å²) in [5.41, 5.74) is 0. The highest BCUT2D eigenvalue weighted by molar-refractivity contribution is 7.24. The predicted octanol–water partition coefficient (Wildman–Crippen LogP) is 4.17. The minimum Gasteiger partial charge on any atom is -0.374 e. The SMILES string of the molecule is CC(=O)N([Si](c1ccccc1)(c1ccccc1)c1ccccc1)[Si](c1ccccc1)(c1ccccc1)c1ccccc1. The highest BCUT2D eigenvalue weighted by atomic mass is 28.4. The van der Waals surface area contributed by atoms with Crippen molar-refractivity contribution in [2.45, 2.75) is 6.92 Å². The van der Waals surface area contributed by atoms with Gasteiger partial charge in [-0.25, -0.2) is 0 Å². The Kier molecular flexibility index (Phi) is 7.82. The van der Waals surface area contributed by atoms with Gasteiger partial charge >= 0.3 is 0 Å². The summed E-state index contributed by atoms with van der Waals surface area (Å²) < 4.78 is 2.40. The van der Waals surface area contributed by atoms with Crippen molar-refractivity contribution in [1.82, 2.24) is 4.23 Å². The fraction of sp³-hybridized carbons (Fsp3) is 0.0263. The van der Waals surface area contributed by atoms with Gasteiger partial charge in [0.15, 0.2) is 0 Å². The molecule has 2 nitrogen and oxygen atoms in total. The standard InChI is InChI=1S/C38H33NOSi2/c1-32(40)39(41(33-20-8-2-9-21-33,34-22-10-3-11-23-34)35-24-12-4-13-25-35)42(36-26-14-5-15-27-36,37-28-16-6-17-29-37)38-30-18-7-19-31-38/h2-31H,1H3. The van der Waals surface area contributed by atoms with Crippen LogP contribution in [0.2, 0.25) is 0 Å². The summed E-state index contributed by atoms with van der Waals surface area (Å²) >= 11 is 0. The van der Waals surface area contributed by atoms with Gasteiger partial charge in [0.05, 0.1) is 0 Å². The molecule has 204 valence electrons. The largest absolute Gasteiger partial charge is 0.374 e. The first kappa shape index (κ1) is 27.4. The van der Waals surface area contributed by atoms with E-state index in [0.717, 1.165) is 0 Å². The zero-order valence-corrected chi connectivity index (χ0v) is 25.7. The molecular formula is C38H33NOSi2. The van der Waals surface area contributed by atoms with E-state index in [2.05, 4.69) is 186 Å². The third-order valence-corrected chi connectivity index (χ3v) is 19.1. The van der Waals surface area contributed by atoms with Gasteiger partial charge in [0.2, 0.25) is 22.4 Å².